The standard InChI is InChI=1S/C18H14Cl2FN3O/c1-11-16(18(25)22-10-12-2-4-13(19)5-3-12)17(20)24(23-11)15-8-6-14(21)7-9-15/h2-9H,10H2,1H3,(H,22,25). The lowest BCUT2D eigenvalue weighted by atomic mass is 10.2. The van der Waals surface area contributed by atoms with Gasteiger partial charge in [-0.2, -0.15) is 5.10 Å². The van der Waals surface area contributed by atoms with Crippen molar-refractivity contribution in [2.75, 3.05) is 0 Å². The second-order valence-electron chi connectivity index (χ2n) is 5.45. The summed E-state index contributed by atoms with van der Waals surface area (Å²) in [6.07, 6.45) is 0. The third-order valence-electron chi connectivity index (χ3n) is 3.67. The molecule has 4 nitrogen and oxygen atoms in total. The number of amides is 1. The average Bonchev–Trinajstić information content (AvgIpc) is 2.89. The Morgan fingerprint density at radius 1 is 1.12 bits per heavy atom. The van der Waals surface area contributed by atoms with Crippen LogP contribution in [-0.2, 0) is 6.54 Å². The molecular weight excluding hydrogens is 364 g/mol. The van der Waals surface area contributed by atoms with E-state index in [4.69, 9.17) is 23.2 Å². The van der Waals surface area contributed by atoms with Gasteiger partial charge in [-0.05, 0) is 48.9 Å². The number of hydrogen-bond donors (Lipinski definition) is 1. The molecule has 0 spiro atoms. The number of aryl methyl sites for hydroxylation is 1. The number of carbonyl (C=O) groups excluding carboxylic acids is 1. The molecule has 1 heterocycles. The first-order valence-electron chi connectivity index (χ1n) is 7.49. The smallest absolute Gasteiger partial charge is 0.256 e. The van der Waals surface area contributed by atoms with Crippen LogP contribution < -0.4 is 5.32 Å². The van der Waals surface area contributed by atoms with E-state index in [-0.39, 0.29) is 16.9 Å². The summed E-state index contributed by atoms with van der Waals surface area (Å²) in [5, 5.41) is 7.90. The fraction of sp³-hybridized carbons (Fsp3) is 0.111. The van der Waals surface area contributed by atoms with Gasteiger partial charge >= 0.3 is 0 Å². The van der Waals surface area contributed by atoms with Gasteiger partial charge in [-0.1, -0.05) is 35.3 Å². The molecular formula is C18H14Cl2FN3O. The number of carbonyl (C=O) groups is 1. The molecule has 128 valence electrons. The molecule has 25 heavy (non-hydrogen) atoms. The van der Waals surface area contributed by atoms with Gasteiger partial charge in [-0.25, -0.2) is 9.07 Å². The minimum absolute atomic E-state index is 0.178. The van der Waals surface area contributed by atoms with Crippen molar-refractivity contribution in [3.8, 4) is 5.69 Å². The van der Waals surface area contributed by atoms with Gasteiger partial charge in [0.25, 0.3) is 5.91 Å². The van der Waals surface area contributed by atoms with Crippen molar-refractivity contribution in [2.45, 2.75) is 13.5 Å². The Labute approximate surface area is 154 Å². The molecule has 0 saturated heterocycles. The van der Waals surface area contributed by atoms with Crippen molar-refractivity contribution in [1.82, 2.24) is 15.1 Å². The van der Waals surface area contributed by atoms with E-state index in [1.54, 1.807) is 31.2 Å². The average molecular weight is 378 g/mol. The summed E-state index contributed by atoms with van der Waals surface area (Å²) in [5.74, 6) is -0.685. The summed E-state index contributed by atoms with van der Waals surface area (Å²) in [4.78, 5) is 12.5. The maximum atomic E-state index is 13.1. The van der Waals surface area contributed by atoms with Crippen LogP contribution in [0.4, 0.5) is 4.39 Å². The van der Waals surface area contributed by atoms with Crippen molar-refractivity contribution in [1.29, 1.82) is 0 Å². The molecule has 0 fully saturated rings. The van der Waals surface area contributed by atoms with Gasteiger partial charge in [0.1, 0.15) is 11.0 Å². The molecule has 0 aliphatic heterocycles. The summed E-state index contributed by atoms with van der Waals surface area (Å²) in [7, 11) is 0. The molecule has 0 bridgehead atoms. The highest BCUT2D eigenvalue weighted by Gasteiger charge is 2.21. The van der Waals surface area contributed by atoms with Gasteiger partial charge in [0, 0.05) is 11.6 Å². The zero-order valence-electron chi connectivity index (χ0n) is 13.3. The lowest BCUT2D eigenvalue weighted by Crippen LogP contribution is -2.23. The van der Waals surface area contributed by atoms with Crippen molar-refractivity contribution in [3.05, 3.63) is 81.3 Å². The monoisotopic (exact) mass is 377 g/mol. The molecule has 0 radical (unpaired) electrons. The number of nitrogens with one attached hydrogen (secondary N) is 1. The van der Waals surface area contributed by atoms with E-state index in [0.29, 0.717) is 28.5 Å². The highest BCUT2D eigenvalue weighted by Crippen LogP contribution is 2.23. The van der Waals surface area contributed by atoms with Crippen LogP contribution in [0.5, 0.6) is 0 Å². The first-order chi connectivity index (χ1) is 12.0. The third kappa shape index (κ3) is 3.83. The van der Waals surface area contributed by atoms with Gasteiger partial charge in [0.2, 0.25) is 0 Å². The van der Waals surface area contributed by atoms with Crippen molar-refractivity contribution < 1.29 is 9.18 Å². The molecule has 7 heteroatoms. The lowest BCUT2D eigenvalue weighted by Gasteiger charge is -2.06. The molecule has 0 unspecified atom stereocenters. The number of rotatable bonds is 4. The Bertz CT molecular complexity index is 905. The first kappa shape index (κ1) is 17.5. The van der Waals surface area contributed by atoms with Crippen molar-refractivity contribution in [2.24, 2.45) is 0 Å². The number of nitrogens with zero attached hydrogens (tertiary/aromatic N) is 2. The van der Waals surface area contributed by atoms with Gasteiger partial charge < -0.3 is 5.32 Å². The van der Waals surface area contributed by atoms with Crippen LogP contribution in [0.3, 0.4) is 0 Å². The van der Waals surface area contributed by atoms with E-state index in [2.05, 4.69) is 10.4 Å². The summed E-state index contributed by atoms with van der Waals surface area (Å²) in [5.41, 5.74) is 2.27. The number of benzene rings is 2. The zero-order valence-corrected chi connectivity index (χ0v) is 14.8. The van der Waals surface area contributed by atoms with E-state index < -0.39 is 0 Å². The van der Waals surface area contributed by atoms with Gasteiger partial charge in [-0.3, -0.25) is 4.79 Å². The van der Waals surface area contributed by atoms with Gasteiger partial charge in [-0.15, -0.1) is 0 Å². The maximum Gasteiger partial charge on any atom is 0.256 e. The van der Waals surface area contributed by atoms with Crippen LogP contribution in [-0.4, -0.2) is 15.7 Å². The fourth-order valence-electron chi connectivity index (χ4n) is 2.38. The number of halogens is 3. The topological polar surface area (TPSA) is 46.9 Å². The predicted molar refractivity (Wildman–Crippen MR) is 95.9 cm³/mol. The predicted octanol–water partition coefficient (Wildman–Crippen LogP) is 4.56. The summed E-state index contributed by atoms with van der Waals surface area (Å²) in [6, 6.07) is 12.9. The second-order valence-corrected chi connectivity index (χ2v) is 6.24. The molecule has 1 aromatic heterocycles. The van der Waals surface area contributed by atoms with Crippen LogP contribution in [0.15, 0.2) is 48.5 Å². The molecule has 0 saturated carbocycles. The Morgan fingerprint density at radius 3 is 2.40 bits per heavy atom. The largest absolute Gasteiger partial charge is 0.348 e. The molecule has 1 amide bonds. The van der Waals surface area contributed by atoms with Crippen LogP contribution in [0.1, 0.15) is 21.6 Å². The molecule has 0 aliphatic carbocycles. The van der Waals surface area contributed by atoms with Crippen LogP contribution in [0.2, 0.25) is 10.2 Å². The maximum absolute atomic E-state index is 13.1. The second kappa shape index (κ2) is 7.25. The molecule has 2 aromatic carbocycles. The Balaban J connectivity index is 1.81. The quantitative estimate of drug-likeness (QED) is 0.724. The molecule has 0 aliphatic rings. The Morgan fingerprint density at radius 2 is 1.76 bits per heavy atom. The van der Waals surface area contributed by atoms with Gasteiger partial charge in [0.15, 0.2) is 0 Å². The lowest BCUT2D eigenvalue weighted by molar-refractivity contribution is 0.0950. The SMILES string of the molecule is Cc1nn(-c2ccc(F)cc2)c(Cl)c1C(=O)NCc1ccc(Cl)cc1. The highest BCUT2D eigenvalue weighted by atomic mass is 35.5. The number of aromatic nitrogens is 2. The van der Waals surface area contributed by atoms with Crippen LogP contribution in [0, 0.1) is 12.7 Å². The summed E-state index contributed by atoms with van der Waals surface area (Å²) in [6.45, 7) is 2.04. The molecule has 1 N–H and O–H groups in total. The third-order valence-corrected chi connectivity index (χ3v) is 4.27. The van der Waals surface area contributed by atoms with E-state index in [1.165, 1.54) is 16.8 Å². The molecule has 0 atom stereocenters. The Hall–Kier alpha value is -2.37. The van der Waals surface area contributed by atoms with E-state index >= 15 is 0 Å². The molecule has 3 aromatic rings. The molecule has 3 rings (SSSR count). The highest BCUT2D eigenvalue weighted by molar-refractivity contribution is 6.33. The van der Waals surface area contributed by atoms with Crippen LogP contribution in [0.25, 0.3) is 5.69 Å². The fourth-order valence-corrected chi connectivity index (χ4v) is 2.87. The summed E-state index contributed by atoms with van der Waals surface area (Å²) < 4.78 is 14.5. The Kier molecular flexibility index (Phi) is 5.06. The van der Waals surface area contributed by atoms with Crippen LogP contribution >= 0.6 is 23.2 Å². The minimum Gasteiger partial charge on any atom is -0.348 e. The summed E-state index contributed by atoms with van der Waals surface area (Å²) >= 11 is 12.2. The first-order valence-corrected chi connectivity index (χ1v) is 8.25. The minimum atomic E-state index is -0.357. The van der Waals surface area contributed by atoms with E-state index in [0.717, 1.165) is 5.56 Å². The zero-order chi connectivity index (χ0) is 18.0. The number of hydrogen-bond acceptors (Lipinski definition) is 2. The normalized spacial score (nSPS) is 10.7. The van der Waals surface area contributed by atoms with Crippen molar-refractivity contribution >= 4 is 29.1 Å². The van der Waals surface area contributed by atoms with E-state index in [9.17, 15) is 9.18 Å². The van der Waals surface area contributed by atoms with E-state index in [1.807, 2.05) is 12.1 Å². The van der Waals surface area contributed by atoms with Gasteiger partial charge in [0.05, 0.1) is 16.9 Å². The van der Waals surface area contributed by atoms with Crippen molar-refractivity contribution in [3.63, 3.8) is 0 Å².